The summed E-state index contributed by atoms with van der Waals surface area (Å²) >= 11 is 0. The van der Waals surface area contributed by atoms with Crippen LogP contribution < -0.4 is 4.90 Å². The lowest BCUT2D eigenvalue weighted by atomic mass is 9.59. The predicted octanol–water partition coefficient (Wildman–Crippen LogP) is 2.95. The molecule has 4 heteroatoms. The van der Waals surface area contributed by atoms with Crippen LogP contribution in [0.1, 0.15) is 57.9 Å². The minimum atomic E-state index is -0.615. The molecule has 4 aliphatic rings. The summed E-state index contributed by atoms with van der Waals surface area (Å²) in [6, 6.07) is 10.3. The molecule has 31 heavy (non-hydrogen) atoms. The predicted molar refractivity (Wildman–Crippen MR) is 121 cm³/mol. The number of aliphatic hydroxyl groups is 1. The van der Waals surface area contributed by atoms with Crippen molar-refractivity contribution >= 4 is 5.97 Å². The van der Waals surface area contributed by atoms with Crippen LogP contribution in [-0.4, -0.2) is 42.4 Å². The van der Waals surface area contributed by atoms with Gasteiger partial charge in [-0.25, -0.2) is 0 Å². The van der Waals surface area contributed by atoms with E-state index in [-0.39, 0.29) is 29.3 Å². The highest BCUT2D eigenvalue weighted by molar-refractivity contribution is 5.76. The Hall–Kier alpha value is -1.65. The number of piperidine rings is 1. The molecule has 0 spiro atoms. The van der Waals surface area contributed by atoms with Crippen LogP contribution in [0.2, 0.25) is 0 Å². The SMILES string of the molecule is C[C@H]1CCC[C@]2(C)C[C@H]3OC(=O)[C@H](C[NH+]4CCC(O)(Cc5ccccc5)CC4)[C@H]3C=C12. The highest BCUT2D eigenvalue weighted by Crippen LogP contribution is 2.53. The van der Waals surface area contributed by atoms with Gasteiger partial charge in [-0.15, -0.1) is 0 Å². The molecule has 2 saturated heterocycles. The van der Waals surface area contributed by atoms with Crippen molar-refractivity contribution in [3.8, 4) is 0 Å². The topological polar surface area (TPSA) is 51.0 Å². The number of hydrogen-bond donors (Lipinski definition) is 2. The summed E-state index contributed by atoms with van der Waals surface area (Å²) in [5, 5.41) is 11.1. The first-order chi connectivity index (χ1) is 14.9. The molecular weight excluding hydrogens is 386 g/mol. The van der Waals surface area contributed by atoms with E-state index in [1.165, 1.54) is 29.7 Å². The monoisotopic (exact) mass is 424 g/mol. The Kier molecular flexibility index (Phi) is 5.50. The molecule has 2 heterocycles. The van der Waals surface area contributed by atoms with Crippen LogP contribution in [0.5, 0.6) is 0 Å². The summed E-state index contributed by atoms with van der Waals surface area (Å²) in [7, 11) is 0. The molecule has 2 N–H and O–H groups in total. The van der Waals surface area contributed by atoms with Gasteiger partial charge < -0.3 is 14.7 Å². The Morgan fingerprint density at radius 3 is 2.65 bits per heavy atom. The van der Waals surface area contributed by atoms with Gasteiger partial charge in [0.25, 0.3) is 0 Å². The molecule has 1 saturated carbocycles. The van der Waals surface area contributed by atoms with E-state index in [2.05, 4.69) is 32.1 Å². The van der Waals surface area contributed by atoms with Crippen LogP contribution in [0.25, 0.3) is 0 Å². The molecule has 4 nitrogen and oxygen atoms in total. The Balaban J connectivity index is 1.24. The van der Waals surface area contributed by atoms with Gasteiger partial charge in [0.15, 0.2) is 0 Å². The number of nitrogens with one attached hydrogen (secondary N) is 1. The van der Waals surface area contributed by atoms with E-state index < -0.39 is 5.60 Å². The molecule has 2 aliphatic heterocycles. The first-order valence-electron chi connectivity index (χ1n) is 12.4. The van der Waals surface area contributed by atoms with Crippen molar-refractivity contribution in [1.82, 2.24) is 0 Å². The van der Waals surface area contributed by atoms with Crippen LogP contribution >= 0.6 is 0 Å². The standard InChI is InChI=1S/C27H37NO3/c1-19-7-6-10-26(2)17-24-21(15-23(19)26)22(25(29)31-24)18-28-13-11-27(30,12-14-28)16-20-8-4-3-5-9-20/h3-5,8-9,15,19,21-22,24,30H,6-7,10-14,16-18H2,1-2H3/p+1/t19-,21+,22+,24+,26+/m0/s1. The van der Waals surface area contributed by atoms with E-state index in [0.29, 0.717) is 5.92 Å². The van der Waals surface area contributed by atoms with Crippen molar-refractivity contribution in [2.75, 3.05) is 19.6 Å². The lowest BCUT2D eigenvalue weighted by molar-refractivity contribution is -0.910. The minimum absolute atomic E-state index is 0.0133. The number of allylic oxidation sites excluding steroid dienone is 1. The zero-order chi connectivity index (χ0) is 21.6. The van der Waals surface area contributed by atoms with Gasteiger partial charge in [0.2, 0.25) is 0 Å². The van der Waals surface area contributed by atoms with Gasteiger partial charge in [0, 0.05) is 25.2 Å². The van der Waals surface area contributed by atoms with Crippen LogP contribution in [0.4, 0.5) is 0 Å². The number of carbonyl (C=O) groups is 1. The van der Waals surface area contributed by atoms with Crippen LogP contribution in [-0.2, 0) is 16.0 Å². The summed E-state index contributed by atoms with van der Waals surface area (Å²) in [5.74, 6) is 0.867. The maximum absolute atomic E-state index is 12.9. The number of hydrogen-bond acceptors (Lipinski definition) is 3. The molecule has 1 aromatic carbocycles. The van der Waals surface area contributed by atoms with Crippen LogP contribution in [0.15, 0.2) is 42.0 Å². The van der Waals surface area contributed by atoms with E-state index in [1.54, 1.807) is 5.57 Å². The molecule has 2 aliphatic carbocycles. The molecule has 0 bridgehead atoms. The Morgan fingerprint density at radius 2 is 1.90 bits per heavy atom. The van der Waals surface area contributed by atoms with Crippen molar-refractivity contribution in [1.29, 1.82) is 0 Å². The molecule has 3 fully saturated rings. The van der Waals surface area contributed by atoms with Gasteiger partial charge in [0.05, 0.1) is 25.2 Å². The van der Waals surface area contributed by atoms with Gasteiger partial charge in [0.1, 0.15) is 12.0 Å². The first-order valence-corrected chi connectivity index (χ1v) is 12.4. The summed E-state index contributed by atoms with van der Waals surface area (Å²) in [6.45, 7) is 7.44. The third-order valence-electron chi connectivity index (χ3n) is 8.85. The highest BCUT2D eigenvalue weighted by atomic mass is 16.6. The van der Waals surface area contributed by atoms with E-state index in [9.17, 15) is 9.90 Å². The van der Waals surface area contributed by atoms with Gasteiger partial charge in [-0.3, -0.25) is 4.79 Å². The second-order valence-corrected chi connectivity index (χ2v) is 11.2. The smallest absolute Gasteiger partial charge is 0.315 e. The number of carbonyl (C=O) groups excluding carboxylic acids is 1. The number of ether oxygens (including phenoxy) is 1. The second kappa shape index (κ2) is 8.04. The summed E-state index contributed by atoms with van der Waals surface area (Å²) in [4.78, 5) is 14.3. The summed E-state index contributed by atoms with van der Waals surface area (Å²) in [5.41, 5.74) is 2.40. The highest BCUT2D eigenvalue weighted by Gasteiger charge is 2.53. The molecule has 5 rings (SSSR count). The second-order valence-electron chi connectivity index (χ2n) is 11.2. The van der Waals surface area contributed by atoms with Crippen molar-refractivity contribution < 1.29 is 19.5 Å². The summed E-state index contributed by atoms with van der Waals surface area (Å²) < 4.78 is 5.94. The van der Waals surface area contributed by atoms with Gasteiger partial charge >= 0.3 is 5.97 Å². The zero-order valence-electron chi connectivity index (χ0n) is 19.1. The Labute approximate surface area is 186 Å². The molecule has 0 amide bonds. The van der Waals surface area contributed by atoms with Crippen molar-refractivity contribution in [3.05, 3.63) is 47.5 Å². The molecule has 5 atom stereocenters. The quantitative estimate of drug-likeness (QED) is 0.577. The molecular formula is C27H38NO3+. The fourth-order valence-corrected chi connectivity index (χ4v) is 7.02. The normalized spacial score (nSPS) is 42.4. The lowest BCUT2D eigenvalue weighted by Crippen LogP contribution is -3.14. The maximum Gasteiger partial charge on any atom is 0.315 e. The average Bonchev–Trinajstić information content (AvgIpc) is 3.02. The van der Waals surface area contributed by atoms with E-state index in [0.717, 1.165) is 45.3 Å². The fraction of sp³-hybridized carbons (Fsp3) is 0.667. The van der Waals surface area contributed by atoms with Gasteiger partial charge in [-0.2, -0.15) is 0 Å². The number of benzene rings is 1. The number of esters is 1. The molecule has 0 unspecified atom stereocenters. The van der Waals surface area contributed by atoms with E-state index in [4.69, 9.17) is 4.74 Å². The average molecular weight is 425 g/mol. The number of quaternary nitrogens is 1. The van der Waals surface area contributed by atoms with Crippen molar-refractivity contribution in [2.45, 2.75) is 70.5 Å². The first kappa shape index (κ1) is 21.2. The molecule has 1 aromatic rings. The molecule has 0 aromatic heterocycles. The molecule has 168 valence electrons. The minimum Gasteiger partial charge on any atom is -0.461 e. The third kappa shape index (κ3) is 4.09. The van der Waals surface area contributed by atoms with E-state index >= 15 is 0 Å². The Bertz CT molecular complexity index is 841. The van der Waals surface area contributed by atoms with Gasteiger partial charge in [-0.1, -0.05) is 62.2 Å². The van der Waals surface area contributed by atoms with Gasteiger partial charge in [-0.05, 0) is 36.2 Å². The number of fused-ring (bicyclic) bond motifs is 2. The largest absolute Gasteiger partial charge is 0.461 e. The van der Waals surface area contributed by atoms with E-state index in [1.807, 2.05) is 18.2 Å². The van der Waals surface area contributed by atoms with Crippen LogP contribution in [0, 0.1) is 23.2 Å². The van der Waals surface area contributed by atoms with Crippen LogP contribution in [0.3, 0.4) is 0 Å². The third-order valence-corrected chi connectivity index (χ3v) is 8.85. The Morgan fingerprint density at radius 1 is 1.16 bits per heavy atom. The summed E-state index contributed by atoms with van der Waals surface area (Å²) in [6.07, 6.45) is 9.63. The number of rotatable bonds is 4. The fourth-order valence-electron chi connectivity index (χ4n) is 7.02. The zero-order valence-corrected chi connectivity index (χ0v) is 19.1. The lowest BCUT2D eigenvalue weighted by Gasteiger charge is -2.46. The number of likely N-dealkylation sites (tertiary alicyclic amines) is 1. The van der Waals surface area contributed by atoms with Crippen molar-refractivity contribution in [3.63, 3.8) is 0 Å². The maximum atomic E-state index is 12.9. The van der Waals surface area contributed by atoms with Crippen molar-refractivity contribution in [2.24, 2.45) is 23.2 Å². The molecule has 0 radical (unpaired) electrons.